The molecule has 1 nitrogen and oxygen atoms in total. The van der Waals surface area contributed by atoms with E-state index in [2.05, 4.69) is 56.3 Å². The molecule has 100 valence electrons. The van der Waals surface area contributed by atoms with Crippen LogP contribution < -0.4 is 0 Å². The number of phenolic OH excluding ortho intramolecular Hbond substituents is 1. The third kappa shape index (κ3) is 3.17. The maximum absolute atomic E-state index is 9.42. The smallest absolute Gasteiger partial charge is 0.115 e. The Bertz CT molecular complexity index is 487. The van der Waals surface area contributed by atoms with Gasteiger partial charge in [-0.05, 0) is 47.9 Å². The predicted molar refractivity (Wildman–Crippen MR) is 80.6 cm³/mol. The second-order valence-electron chi connectivity index (χ2n) is 5.03. The molecule has 0 bridgehead atoms. The molecule has 2 aromatic carbocycles. The number of phenols is 1. The fraction of sp³-hybridized carbons (Fsp3) is 0.333. The van der Waals surface area contributed by atoms with Gasteiger partial charge >= 0.3 is 0 Å². The lowest BCUT2D eigenvalue weighted by atomic mass is 9.78. The summed E-state index contributed by atoms with van der Waals surface area (Å²) in [7, 11) is 0. The number of benzene rings is 2. The summed E-state index contributed by atoms with van der Waals surface area (Å²) >= 11 is 0. The van der Waals surface area contributed by atoms with E-state index < -0.39 is 0 Å². The van der Waals surface area contributed by atoms with Crippen LogP contribution in [0.3, 0.4) is 0 Å². The van der Waals surface area contributed by atoms with Crippen molar-refractivity contribution in [2.24, 2.45) is 0 Å². The van der Waals surface area contributed by atoms with Gasteiger partial charge in [-0.25, -0.2) is 0 Å². The Balaban J connectivity index is 2.31. The van der Waals surface area contributed by atoms with Crippen molar-refractivity contribution in [2.45, 2.75) is 38.5 Å². The molecule has 0 fully saturated rings. The van der Waals surface area contributed by atoms with Crippen LogP contribution in [0.1, 0.15) is 49.7 Å². The second-order valence-corrected chi connectivity index (χ2v) is 5.03. The Labute approximate surface area is 115 Å². The predicted octanol–water partition coefficient (Wildman–Crippen LogP) is 5.08. The van der Waals surface area contributed by atoms with E-state index in [4.69, 9.17) is 0 Å². The fourth-order valence-electron chi connectivity index (χ4n) is 2.93. The summed E-state index contributed by atoms with van der Waals surface area (Å²) in [6.07, 6.45) is 2.24. The minimum absolute atomic E-state index is 0.339. The standard InChI is InChI=1S/C18H22O/c1-3-17(14-8-6-5-7-9-14)18(4-2)15-10-12-16(19)13-11-15/h5-13,17-19H,3-4H2,1-2H3/t17-,18+/m1/s1. The molecule has 0 radical (unpaired) electrons. The van der Waals surface area contributed by atoms with E-state index in [9.17, 15) is 5.11 Å². The average Bonchev–Trinajstić information content (AvgIpc) is 2.47. The maximum atomic E-state index is 9.42. The van der Waals surface area contributed by atoms with Gasteiger partial charge in [0.05, 0.1) is 0 Å². The summed E-state index contributed by atoms with van der Waals surface area (Å²) in [5, 5.41) is 9.42. The molecule has 0 saturated carbocycles. The first-order chi connectivity index (χ1) is 9.26. The maximum Gasteiger partial charge on any atom is 0.115 e. The molecule has 2 atom stereocenters. The Kier molecular flexibility index (Phi) is 4.62. The van der Waals surface area contributed by atoms with E-state index in [-0.39, 0.29) is 0 Å². The number of hydrogen-bond acceptors (Lipinski definition) is 1. The van der Waals surface area contributed by atoms with Crippen molar-refractivity contribution in [3.05, 3.63) is 65.7 Å². The van der Waals surface area contributed by atoms with Gasteiger partial charge < -0.3 is 5.11 Å². The SMILES string of the molecule is CC[C@H](c1ccccc1)[C@@H](CC)c1ccc(O)cc1. The molecule has 0 saturated heterocycles. The van der Waals surface area contributed by atoms with E-state index in [0.717, 1.165) is 12.8 Å². The van der Waals surface area contributed by atoms with E-state index in [1.165, 1.54) is 11.1 Å². The van der Waals surface area contributed by atoms with Gasteiger partial charge in [-0.1, -0.05) is 56.3 Å². The van der Waals surface area contributed by atoms with Crippen LogP contribution in [0.15, 0.2) is 54.6 Å². The molecule has 0 heterocycles. The van der Waals surface area contributed by atoms with Gasteiger partial charge in [0.25, 0.3) is 0 Å². The molecule has 0 unspecified atom stereocenters. The first-order valence-corrected chi connectivity index (χ1v) is 7.10. The summed E-state index contributed by atoms with van der Waals surface area (Å²) in [5.74, 6) is 1.38. The highest BCUT2D eigenvalue weighted by Crippen LogP contribution is 2.38. The summed E-state index contributed by atoms with van der Waals surface area (Å²) in [6, 6.07) is 18.4. The first kappa shape index (κ1) is 13.7. The molecule has 2 rings (SSSR count). The molecule has 19 heavy (non-hydrogen) atoms. The van der Waals surface area contributed by atoms with Gasteiger partial charge in [0.15, 0.2) is 0 Å². The summed E-state index contributed by atoms with van der Waals surface area (Å²) in [6.45, 7) is 4.49. The zero-order valence-corrected chi connectivity index (χ0v) is 11.7. The van der Waals surface area contributed by atoms with E-state index >= 15 is 0 Å². The molecule has 0 aliphatic rings. The highest BCUT2D eigenvalue weighted by molar-refractivity contribution is 5.32. The van der Waals surface area contributed by atoms with Crippen molar-refractivity contribution < 1.29 is 5.11 Å². The molecular weight excluding hydrogens is 232 g/mol. The second kappa shape index (κ2) is 6.42. The van der Waals surface area contributed by atoms with Crippen LogP contribution in [0.2, 0.25) is 0 Å². The Hall–Kier alpha value is -1.76. The summed E-state index contributed by atoms with van der Waals surface area (Å²) in [5.41, 5.74) is 2.72. The van der Waals surface area contributed by atoms with Crippen molar-refractivity contribution in [1.82, 2.24) is 0 Å². The zero-order chi connectivity index (χ0) is 13.7. The van der Waals surface area contributed by atoms with Gasteiger partial charge in [-0.15, -0.1) is 0 Å². The van der Waals surface area contributed by atoms with E-state index in [1.807, 2.05) is 0 Å². The molecular formula is C18H22O. The van der Waals surface area contributed by atoms with Gasteiger partial charge in [0, 0.05) is 0 Å². The minimum Gasteiger partial charge on any atom is -0.508 e. The van der Waals surface area contributed by atoms with Gasteiger partial charge in [0.1, 0.15) is 5.75 Å². The highest BCUT2D eigenvalue weighted by atomic mass is 16.3. The first-order valence-electron chi connectivity index (χ1n) is 7.10. The number of hydrogen-bond donors (Lipinski definition) is 1. The lowest BCUT2D eigenvalue weighted by Gasteiger charge is -2.26. The Morgan fingerprint density at radius 2 is 1.21 bits per heavy atom. The van der Waals surface area contributed by atoms with Crippen LogP contribution in [0.25, 0.3) is 0 Å². The molecule has 0 aromatic heterocycles. The Morgan fingerprint density at radius 3 is 1.68 bits per heavy atom. The third-order valence-electron chi connectivity index (χ3n) is 3.91. The van der Waals surface area contributed by atoms with Gasteiger partial charge in [-0.3, -0.25) is 0 Å². The quantitative estimate of drug-likeness (QED) is 0.789. The topological polar surface area (TPSA) is 20.2 Å². The lowest BCUT2D eigenvalue weighted by molar-refractivity contribution is 0.473. The van der Waals surface area contributed by atoms with Crippen LogP contribution in [-0.2, 0) is 0 Å². The molecule has 0 aliphatic heterocycles. The minimum atomic E-state index is 0.339. The van der Waals surface area contributed by atoms with Crippen molar-refractivity contribution in [3.8, 4) is 5.75 Å². The molecule has 0 aliphatic carbocycles. The number of aromatic hydroxyl groups is 1. The van der Waals surface area contributed by atoms with Crippen LogP contribution in [-0.4, -0.2) is 5.11 Å². The van der Waals surface area contributed by atoms with Crippen LogP contribution in [0.5, 0.6) is 5.75 Å². The zero-order valence-electron chi connectivity index (χ0n) is 11.7. The lowest BCUT2D eigenvalue weighted by Crippen LogP contribution is -2.10. The molecule has 1 heteroatoms. The summed E-state index contributed by atoms with van der Waals surface area (Å²) in [4.78, 5) is 0. The van der Waals surface area contributed by atoms with Crippen molar-refractivity contribution >= 4 is 0 Å². The van der Waals surface area contributed by atoms with E-state index in [0.29, 0.717) is 17.6 Å². The largest absolute Gasteiger partial charge is 0.508 e. The van der Waals surface area contributed by atoms with Crippen LogP contribution in [0, 0.1) is 0 Å². The van der Waals surface area contributed by atoms with Gasteiger partial charge in [0.2, 0.25) is 0 Å². The van der Waals surface area contributed by atoms with Crippen LogP contribution >= 0.6 is 0 Å². The molecule has 2 aromatic rings. The van der Waals surface area contributed by atoms with Crippen LogP contribution in [0.4, 0.5) is 0 Å². The van der Waals surface area contributed by atoms with Crippen molar-refractivity contribution in [1.29, 1.82) is 0 Å². The van der Waals surface area contributed by atoms with Crippen molar-refractivity contribution in [3.63, 3.8) is 0 Å². The average molecular weight is 254 g/mol. The molecule has 1 N–H and O–H groups in total. The molecule has 0 amide bonds. The third-order valence-corrected chi connectivity index (χ3v) is 3.91. The highest BCUT2D eigenvalue weighted by Gasteiger charge is 2.21. The van der Waals surface area contributed by atoms with Crippen molar-refractivity contribution in [2.75, 3.05) is 0 Å². The monoisotopic (exact) mass is 254 g/mol. The van der Waals surface area contributed by atoms with E-state index in [1.54, 1.807) is 12.1 Å². The molecule has 0 spiro atoms. The number of rotatable bonds is 5. The fourth-order valence-corrected chi connectivity index (χ4v) is 2.93. The summed E-state index contributed by atoms with van der Waals surface area (Å²) < 4.78 is 0. The Morgan fingerprint density at radius 1 is 0.737 bits per heavy atom. The normalized spacial score (nSPS) is 14.0. The van der Waals surface area contributed by atoms with Gasteiger partial charge in [-0.2, -0.15) is 0 Å².